The Hall–Kier alpha value is -2.35. The Kier molecular flexibility index (Phi) is 7.41. The Balaban J connectivity index is 2.08. The highest BCUT2D eigenvalue weighted by molar-refractivity contribution is 7.80. The molecule has 0 aliphatic carbocycles. The molecule has 2 aromatic rings. The second-order valence-electron chi connectivity index (χ2n) is 5.40. The van der Waals surface area contributed by atoms with Gasteiger partial charge in [-0.3, -0.25) is 10.1 Å². The molecule has 0 aliphatic heterocycles. The molecule has 0 saturated carbocycles. The summed E-state index contributed by atoms with van der Waals surface area (Å²) in [6.45, 7) is 2.54. The van der Waals surface area contributed by atoms with Gasteiger partial charge in [-0.2, -0.15) is 0 Å². The van der Waals surface area contributed by atoms with Gasteiger partial charge in [0.2, 0.25) is 0 Å². The molecule has 27 heavy (non-hydrogen) atoms. The van der Waals surface area contributed by atoms with Gasteiger partial charge < -0.3 is 15.2 Å². The van der Waals surface area contributed by atoms with E-state index in [1.807, 2.05) is 6.92 Å². The van der Waals surface area contributed by atoms with E-state index in [1.54, 1.807) is 24.3 Å². The van der Waals surface area contributed by atoms with E-state index in [-0.39, 0.29) is 26.4 Å². The molecule has 0 spiro atoms. The minimum absolute atomic E-state index is 0.0354. The van der Waals surface area contributed by atoms with E-state index in [0.29, 0.717) is 17.9 Å². The third kappa shape index (κ3) is 5.82. The minimum atomic E-state index is -1.16. The average molecular weight is 427 g/mol. The molecule has 0 radical (unpaired) electrons. The highest BCUT2D eigenvalue weighted by Gasteiger charge is 2.15. The molecule has 0 aromatic heterocycles. The molecule has 0 aliphatic rings. The molecule has 0 atom stereocenters. The summed E-state index contributed by atoms with van der Waals surface area (Å²) >= 11 is 17.2. The number of carbonyl (C=O) groups is 2. The molecule has 6 nitrogen and oxygen atoms in total. The zero-order valence-corrected chi connectivity index (χ0v) is 16.5. The second kappa shape index (κ2) is 9.55. The minimum Gasteiger partial charge on any atom is -0.494 e. The summed E-state index contributed by atoms with van der Waals surface area (Å²) in [4.78, 5) is 23.4. The van der Waals surface area contributed by atoms with Gasteiger partial charge in [0.05, 0.1) is 27.9 Å². The summed E-state index contributed by atoms with van der Waals surface area (Å²) in [7, 11) is 0. The monoisotopic (exact) mass is 426 g/mol. The second-order valence-corrected chi connectivity index (χ2v) is 6.63. The summed E-state index contributed by atoms with van der Waals surface area (Å²) < 4.78 is 5.50. The van der Waals surface area contributed by atoms with E-state index in [2.05, 4.69) is 10.6 Å². The Bertz CT molecular complexity index is 866. The lowest BCUT2D eigenvalue weighted by molar-refractivity contribution is 0.0696. The SMILES string of the molecule is CCCOc1cccc(C(=O)NC(=S)Nc2c(Cl)cc(C(=O)O)cc2Cl)c1. The first-order chi connectivity index (χ1) is 12.8. The van der Waals surface area contributed by atoms with E-state index >= 15 is 0 Å². The largest absolute Gasteiger partial charge is 0.494 e. The fourth-order valence-corrected chi connectivity index (χ4v) is 2.86. The maximum atomic E-state index is 12.3. The number of amides is 1. The van der Waals surface area contributed by atoms with Crippen LogP contribution in [0.2, 0.25) is 10.0 Å². The number of carboxylic acids is 1. The number of carbonyl (C=O) groups excluding carboxylic acids is 1. The Labute approximate surface area is 171 Å². The first kappa shape index (κ1) is 21.0. The predicted molar refractivity (Wildman–Crippen MR) is 109 cm³/mol. The number of thiocarbonyl (C=S) groups is 1. The van der Waals surface area contributed by atoms with Crippen LogP contribution in [0, 0.1) is 0 Å². The average Bonchev–Trinajstić information content (AvgIpc) is 2.62. The standard InChI is InChI=1S/C18H16Cl2N2O4S/c1-2-6-26-12-5-3-4-10(7-12)16(23)22-18(27)21-15-13(19)8-11(17(24)25)9-14(15)20/h3-5,7-9H,2,6H2,1H3,(H,24,25)(H2,21,22,23,27). The smallest absolute Gasteiger partial charge is 0.335 e. The lowest BCUT2D eigenvalue weighted by Gasteiger charge is -2.13. The lowest BCUT2D eigenvalue weighted by atomic mass is 10.2. The van der Waals surface area contributed by atoms with Crippen molar-refractivity contribution in [2.75, 3.05) is 11.9 Å². The molecule has 0 bridgehead atoms. The first-order valence-electron chi connectivity index (χ1n) is 7.89. The topological polar surface area (TPSA) is 87.7 Å². The zero-order valence-electron chi connectivity index (χ0n) is 14.2. The van der Waals surface area contributed by atoms with Crippen molar-refractivity contribution in [2.24, 2.45) is 0 Å². The number of carboxylic acid groups (broad SMARTS) is 1. The summed E-state index contributed by atoms with van der Waals surface area (Å²) in [6.07, 6.45) is 0.854. The van der Waals surface area contributed by atoms with Crippen molar-refractivity contribution in [2.45, 2.75) is 13.3 Å². The van der Waals surface area contributed by atoms with Crippen LogP contribution in [-0.4, -0.2) is 28.7 Å². The quantitative estimate of drug-likeness (QED) is 0.584. The van der Waals surface area contributed by atoms with Crippen LogP contribution in [0.4, 0.5) is 5.69 Å². The Morgan fingerprint density at radius 1 is 1.15 bits per heavy atom. The van der Waals surface area contributed by atoms with Crippen molar-refractivity contribution in [3.8, 4) is 5.75 Å². The van der Waals surface area contributed by atoms with Crippen LogP contribution in [0.5, 0.6) is 5.75 Å². The van der Waals surface area contributed by atoms with Gasteiger partial charge in [0.15, 0.2) is 5.11 Å². The van der Waals surface area contributed by atoms with Crippen LogP contribution in [-0.2, 0) is 0 Å². The molecule has 0 fully saturated rings. The molecule has 1 amide bonds. The molecular weight excluding hydrogens is 411 g/mol. The van der Waals surface area contributed by atoms with Crippen molar-refractivity contribution in [3.63, 3.8) is 0 Å². The predicted octanol–water partition coefficient (Wildman–Crippen LogP) is 4.61. The normalized spacial score (nSPS) is 10.2. The van der Waals surface area contributed by atoms with Crippen LogP contribution < -0.4 is 15.4 Å². The van der Waals surface area contributed by atoms with Gasteiger partial charge >= 0.3 is 5.97 Å². The number of rotatable bonds is 6. The van der Waals surface area contributed by atoms with Gasteiger partial charge in [-0.1, -0.05) is 36.2 Å². The van der Waals surface area contributed by atoms with Gasteiger partial charge in [-0.05, 0) is 49.0 Å². The summed E-state index contributed by atoms with van der Waals surface area (Å²) in [6, 6.07) is 9.16. The number of hydrogen-bond donors (Lipinski definition) is 3. The van der Waals surface area contributed by atoms with Crippen molar-refractivity contribution < 1.29 is 19.4 Å². The van der Waals surface area contributed by atoms with Crippen LogP contribution in [0.25, 0.3) is 0 Å². The Morgan fingerprint density at radius 2 is 1.81 bits per heavy atom. The van der Waals surface area contributed by atoms with E-state index in [9.17, 15) is 9.59 Å². The fraction of sp³-hybridized carbons (Fsp3) is 0.167. The Morgan fingerprint density at radius 3 is 2.41 bits per heavy atom. The highest BCUT2D eigenvalue weighted by Crippen LogP contribution is 2.31. The third-order valence-electron chi connectivity index (χ3n) is 3.32. The summed E-state index contributed by atoms with van der Waals surface area (Å²) in [5, 5.41) is 14.3. The van der Waals surface area contributed by atoms with Crippen molar-refractivity contribution in [1.29, 1.82) is 0 Å². The third-order valence-corrected chi connectivity index (χ3v) is 4.12. The highest BCUT2D eigenvalue weighted by atomic mass is 35.5. The van der Waals surface area contributed by atoms with Gasteiger partial charge in [-0.15, -0.1) is 0 Å². The number of nitrogens with one attached hydrogen (secondary N) is 2. The maximum Gasteiger partial charge on any atom is 0.335 e. The molecule has 0 heterocycles. The fourth-order valence-electron chi connectivity index (χ4n) is 2.08. The van der Waals surface area contributed by atoms with Gasteiger partial charge in [0.25, 0.3) is 5.91 Å². The number of aromatic carboxylic acids is 1. The number of halogens is 2. The van der Waals surface area contributed by atoms with Crippen LogP contribution >= 0.6 is 35.4 Å². The van der Waals surface area contributed by atoms with Gasteiger partial charge in [0.1, 0.15) is 5.75 Å². The zero-order chi connectivity index (χ0) is 20.0. The van der Waals surface area contributed by atoms with E-state index < -0.39 is 11.9 Å². The lowest BCUT2D eigenvalue weighted by Crippen LogP contribution is -2.34. The molecule has 9 heteroatoms. The molecule has 3 N–H and O–H groups in total. The van der Waals surface area contributed by atoms with Gasteiger partial charge in [-0.25, -0.2) is 4.79 Å². The number of ether oxygens (including phenoxy) is 1. The molecule has 0 unspecified atom stereocenters. The summed E-state index contributed by atoms with van der Waals surface area (Å²) in [5.74, 6) is -1.02. The van der Waals surface area contributed by atoms with Crippen LogP contribution in [0.3, 0.4) is 0 Å². The van der Waals surface area contributed by atoms with Gasteiger partial charge in [0, 0.05) is 5.56 Å². The number of anilines is 1. The molecule has 142 valence electrons. The van der Waals surface area contributed by atoms with Crippen LogP contribution in [0.15, 0.2) is 36.4 Å². The van der Waals surface area contributed by atoms with Crippen molar-refractivity contribution in [1.82, 2.24) is 5.32 Å². The van der Waals surface area contributed by atoms with Crippen molar-refractivity contribution >= 4 is 58.1 Å². The van der Waals surface area contributed by atoms with Crippen LogP contribution in [0.1, 0.15) is 34.1 Å². The number of hydrogen-bond acceptors (Lipinski definition) is 4. The molecule has 2 rings (SSSR count). The van der Waals surface area contributed by atoms with E-state index in [1.165, 1.54) is 12.1 Å². The number of benzene rings is 2. The maximum absolute atomic E-state index is 12.3. The molecular formula is C18H16Cl2N2O4S. The van der Waals surface area contributed by atoms with E-state index in [0.717, 1.165) is 6.42 Å². The summed E-state index contributed by atoms with van der Waals surface area (Å²) in [5.41, 5.74) is 0.509. The van der Waals surface area contributed by atoms with Crippen molar-refractivity contribution in [3.05, 3.63) is 57.6 Å². The molecule has 0 saturated heterocycles. The first-order valence-corrected chi connectivity index (χ1v) is 9.05. The molecule has 2 aromatic carbocycles. The van der Waals surface area contributed by atoms with E-state index in [4.69, 9.17) is 45.3 Å².